The fraction of sp³-hybridized carbons (Fsp3) is 1.00. The van der Waals surface area contributed by atoms with Gasteiger partial charge < -0.3 is 15.5 Å². The molecule has 3 aliphatic rings. The third-order valence-corrected chi connectivity index (χ3v) is 5.35. The van der Waals surface area contributed by atoms with Gasteiger partial charge in [-0.3, -0.25) is 0 Å². The summed E-state index contributed by atoms with van der Waals surface area (Å²) >= 11 is 0. The smallest absolute Gasteiger partial charge is 0.0136 e. The maximum Gasteiger partial charge on any atom is 0.0136 e. The molecule has 2 atom stereocenters. The number of nitrogens with two attached hydrogens (primary N) is 1. The molecule has 104 valence electrons. The van der Waals surface area contributed by atoms with Crippen molar-refractivity contribution in [1.29, 1.82) is 0 Å². The number of hydrogen-bond donors (Lipinski definition) is 1. The summed E-state index contributed by atoms with van der Waals surface area (Å²) in [6.07, 6.45) is 9.66. The lowest BCUT2D eigenvalue weighted by Gasteiger charge is -2.46. The summed E-state index contributed by atoms with van der Waals surface area (Å²) in [5, 5.41) is 0. The van der Waals surface area contributed by atoms with E-state index in [-0.39, 0.29) is 0 Å². The van der Waals surface area contributed by atoms with Crippen LogP contribution in [-0.2, 0) is 0 Å². The number of piperidine rings is 3. The normalized spacial score (nSPS) is 36.5. The molecule has 3 nitrogen and oxygen atoms in total. The Labute approximate surface area is 112 Å². The number of rotatable bonds is 2. The van der Waals surface area contributed by atoms with Crippen LogP contribution < -0.4 is 5.73 Å². The second kappa shape index (κ2) is 5.89. The molecule has 18 heavy (non-hydrogen) atoms. The first-order valence-electron chi connectivity index (χ1n) is 8.05. The summed E-state index contributed by atoms with van der Waals surface area (Å²) in [4.78, 5) is 5.47. The van der Waals surface area contributed by atoms with Gasteiger partial charge in [-0.2, -0.15) is 0 Å². The predicted molar refractivity (Wildman–Crippen MR) is 75.6 cm³/mol. The topological polar surface area (TPSA) is 32.5 Å². The largest absolute Gasteiger partial charge is 0.328 e. The van der Waals surface area contributed by atoms with E-state index in [0.29, 0.717) is 6.04 Å². The second-order valence-corrected chi connectivity index (χ2v) is 6.64. The molecule has 3 rings (SSSR count). The minimum atomic E-state index is 0.471. The molecule has 3 heterocycles. The van der Waals surface area contributed by atoms with Gasteiger partial charge in [0.15, 0.2) is 0 Å². The zero-order chi connectivity index (χ0) is 12.4. The lowest BCUT2D eigenvalue weighted by atomic mass is 9.83. The van der Waals surface area contributed by atoms with Gasteiger partial charge >= 0.3 is 0 Å². The molecular formula is C15H29N3. The zero-order valence-electron chi connectivity index (χ0n) is 11.7. The Morgan fingerprint density at radius 2 is 1.61 bits per heavy atom. The van der Waals surface area contributed by atoms with Crippen LogP contribution in [-0.4, -0.2) is 54.6 Å². The summed E-state index contributed by atoms with van der Waals surface area (Å²) in [6, 6.07) is 1.38. The lowest BCUT2D eigenvalue weighted by molar-refractivity contribution is 0.0361. The Morgan fingerprint density at radius 3 is 2.44 bits per heavy atom. The summed E-state index contributed by atoms with van der Waals surface area (Å²) in [7, 11) is 0. The molecule has 3 saturated heterocycles. The van der Waals surface area contributed by atoms with Gasteiger partial charge in [0.2, 0.25) is 0 Å². The highest BCUT2D eigenvalue weighted by Gasteiger charge is 2.34. The van der Waals surface area contributed by atoms with E-state index in [0.717, 1.165) is 12.0 Å². The number of nitrogens with zero attached hydrogens (tertiary/aromatic N) is 2. The molecule has 3 heteroatoms. The van der Waals surface area contributed by atoms with Gasteiger partial charge in [-0.15, -0.1) is 0 Å². The van der Waals surface area contributed by atoms with Crippen molar-refractivity contribution in [3.63, 3.8) is 0 Å². The van der Waals surface area contributed by atoms with Crippen molar-refractivity contribution in [3.8, 4) is 0 Å². The maximum absolute atomic E-state index is 6.00. The van der Waals surface area contributed by atoms with E-state index < -0.39 is 0 Å². The highest BCUT2D eigenvalue weighted by Crippen LogP contribution is 2.31. The van der Waals surface area contributed by atoms with Gasteiger partial charge in [0.1, 0.15) is 0 Å². The first kappa shape index (κ1) is 12.9. The highest BCUT2D eigenvalue weighted by molar-refractivity contribution is 4.89. The molecule has 0 bridgehead atoms. The van der Waals surface area contributed by atoms with Crippen molar-refractivity contribution < 1.29 is 0 Å². The molecule has 2 N–H and O–H groups in total. The van der Waals surface area contributed by atoms with E-state index in [4.69, 9.17) is 5.73 Å². The van der Waals surface area contributed by atoms with Crippen LogP contribution in [0, 0.1) is 5.92 Å². The molecule has 0 spiro atoms. The first-order chi connectivity index (χ1) is 8.83. The summed E-state index contributed by atoms with van der Waals surface area (Å²) in [5.74, 6) is 0.938. The molecule has 0 radical (unpaired) electrons. The molecular weight excluding hydrogens is 222 g/mol. The number of likely N-dealkylation sites (tertiary alicyclic amines) is 1. The molecule has 0 aliphatic carbocycles. The van der Waals surface area contributed by atoms with Gasteiger partial charge in [0.05, 0.1) is 0 Å². The third kappa shape index (κ3) is 2.89. The average molecular weight is 251 g/mol. The van der Waals surface area contributed by atoms with E-state index >= 15 is 0 Å². The van der Waals surface area contributed by atoms with Crippen LogP contribution in [0.4, 0.5) is 0 Å². The fourth-order valence-corrected chi connectivity index (χ4v) is 4.26. The van der Waals surface area contributed by atoms with Crippen LogP contribution in [0.2, 0.25) is 0 Å². The van der Waals surface area contributed by atoms with Crippen molar-refractivity contribution >= 4 is 0 Å². The van der Waals surface area contributed by atoms with E-state index in [2.05, 4.69) is 9.80 Å². The van der Waals surface area contributed by atoms with Crippen molar-refractivity contribution in [3.05, 3.63) is 0 Å². The minimum Gasteiger partial charge on any atom is -0.328 e. The van der Waals surface area contributed by atoms with Gasteiger partial charge in [0.25, 0.3) is 0 Å². The first-order valence-corrected chi connectivity index (χ1v) is 8.05. The maximum atomic E-state index is 6.00. The fourth-order valence-electron chi connectivity index (χ4n) is 4.26. The molecule has 0 aromatic heterocycles. The van der Waals surface area contributed by atoms with Gasteiger partial charge in [-0.05, 0) is 70.6 Å². The standard InChI is InChI=1S/C15H29N3/c16-14-6-10-17(11-7-14)12-13-4-3-9-18-8-2-1-5-15(13)18/h13-15H,1-12,16H2/t13-,15-/m0/s1. The molecule has 0 amide bonds. The third-order valence-electron chi connectivity index (χ3n) is 5.35. The lowest BCUT2D eigenvalue weighted by Crippen LogP contribution is -2.52. The summed E-state index contributed by atoms with van der Waals surface area (Å²) in [6.45, 7) is 6.56. The zero-order valence-corrected chi connectivity index (χ0v) is 11.7. The minimum absolute atomic E-state index is 0.471. The monoisotopic (exact) mass is 251 g/mol. The van der Waals surface area contributed by atoms with Crippen molar-refractivity contribution in [1.82, 2.24) is 9.80 Å². The molecule has 0 aromatic carbocycles. The Morgan fingerprint density at radius 1 is 0.833 bits per heavy atom. The Kier molecular flexibility index (Phi) is 4.22. The van der Waals surface area contributed by atoms with Crippen LogP contribution in [0.15, 0.2) is 0 Å². The molecule has 0 saturated carbocycles. The second-order valence-electron chi connectivity index (χ2n) is 6.64. The van der Waals surface area contributed by atoms with E-state index in [1.165, 1.54) is 77.7 Å². The van der Waals surface area contributed by atoms with Crippen LogP contribution in [0.1, 0.15) is 44.9 Å². The quantitative estimate of drug-likeness (QED) is 0.810. The number of fused-ring (bicyclic) bond motifs is 1. The van der Waals surface area contributed by atoms with Crippen LogP contribution in [0.5, 0.6) is 0 Å². The van der Waals surface area contributed by atoms with E-state index in [9.17, 15) is 0 Å². The highest BCUT2D eigenvalue weighted by atomic mass is 15.2. The molecule has 3 fully saturated rings. The van der Waals surface area contributed by atoms with Gasteiger partial charge in [-0.25, -0.2) is 0 Å². The van der Waals surface area contributed by atoms with Crippen LogP contribution in [0.25, 0.3) is 0 Å². The average Bonchev–Trinajstić information content (AvgIpc) is 2.42. The van der Waals surface area contributed by atoms with Crippen LogP contribution in [0.3, 0.4) is 0 Å². The Bertz CT molecular complexity index is 258. The van der Waals surface area contributed by atoms with Gasteiger partial charge in [-0.1, -0.05) is 6.42 Å². The molecule has 3 aliphatic heterocycles. The SMILES string of the molecule is NC1CCN(C[C@@H]2CCCN3CCCC[C@@H]23)CC1. The Hall–Kier alpha value is -0.120. The van der Waals surface area contributed by atoms with Crippen molar-refractivity contribution in [2.24, 2.45) is 11.7 Å². The van der Waals surface area contributed by atoms with Crippen molar-refractivity contribution in [2.75, 3.05) is 32.7 Å². The summed E-state index contributed by atoms with van der Waals surface area (Å²) < 4.78 is 0. The number of hydrogen-bond acceptors (Lipinski definition) is 3. The van der Waals surface area contributed by atoms with E-state index in [1.807, 2.05) is 0 Å². The van der Waals surface area contributed by atoms with E-state index in [1.54, 1.807) is 0 Å². The summed E-state index contributed by atoms with van der Waals surface area (Å²) in [5.41, 5.74) is 6.00. The predicted octanol–water partition coefficient (Wildman–Crippen LogP) is 1.67. The van der Waals surface area contributed by atoms with Crippen molar-refractivity contribution in [2.45, 2.75) is 57.0 Å². The molecule has 0 aromatic rings. The van der Waals surface area contributed by atoms with Crippen LogP contribution >= 0.6 is 0 Å². The Balaban J connectivity index is 1.54. The molecule has 0 unspecified atom stereocenters. The van der Waals surface area contributed by atoms with Gasteiger partial charge in [0, 0.05) is 18.6 Å².